The molecule has 0 aromatic carbocycles. The van der Waals surface area contributed by atoms with Crippen molar-refractivity contribution < 1.29 is 5.21 Å². The van der Waals surface area contributed by atoms with E-state index in [9.17, 15) is 0 Å². The van der Waals surface area contributed by atoms with Crippen LogP contribution in [0.3, 0.4) is 0 Å². The summed E-state index contributed by atoms with van der Waals surface area (Å²) in [5.41, 5.74) is 2.98. The van der Waals surface area contributed by atoms with E-state index in [-0.39, 0.29) is 0 Å². The van der Waals surface area contributed by atoms with Gasteiger partial charge in [-0.1, -0.05) is 6.92 Å². The zero-order chi connectivity index (χ0) is 11.4. The van der Waals surface area contributed by atoms with Gasteiger partial charge in [-0.2, -0.15) is 0 Å². The largest absolute Gasteiger partial charge is 0.341 e. The molecule has 1 aliphatic rings. The average Bonchev–Trinajstić information content (AvgIpc) is 2.32. The minimum Gasteiger partial charge on any atom is -0.341 e. The third-order valence-electron chi connectivity index (χ3n) is 3.04. The molecule has 0 unspecified atom stereocenters. The Hall–Kier alpha value is -1.20. The van der Waals surface area contributed by atoms with Crippen molar-refractivity contribution in [3.8, 4) is 0 Å². The zero-order valence-corrected chi connectivity index (χ0v) is 9.56. The van der Waals surface area contributed by atoms with Crippen LogP contribution in [0.5, 0.6) is 0 Å². The number of nitrogens with zero attached hydrogens (tertiary/aromatic N) is 3. The molecule has 0 aliphatic carbocycles. The van der Waals surface area contributed by atoms with Crippen LogP contribution in [-0.4, -0.2) is 28.3 Å². The molecule has 0 atom stereocenters. The highest BCUT2D eigenvalue weighted by Crippen LogP contribution is 2.19. The normalized spacial score (nSPS) is 17.8. The predicted octanol–water partition coefficient (Wildman–Crippen LogP) is 1.19. The molecule has 0 amide bonds. The fourth-order valence-electron chi connectivity index (χ4n) is 1.90. The van der Waals surface area contributed by atoms with Gasteiger partial charge in [0.2, 0.25) is 5.95 Å². The first-order chi connectivity index (χ1) is 7.79. The summed E-state index contributed by atoms with van der Waals surface area (Å²) in [5, 5.41) is 8.55. The van der Waals surface area contributed by atoms with Crippen LogP contribution in [0.4, 0.5) is 5.95 Å². The predicted molar refractivity (Wildman–Crippen MR) is 61.3 cm³/mol. The topological polar surface area (TPSA) is 61.3 Å². The first-order valence-corrected chi connectivity index (χ1v) is 5.72. The van der Waals surface area contributed by atoms with E-state index in [1.165, 1.54) is 12.8 Å². The summed E-state index contributed by atoms with van der Waals surface area (Å²) in [6.07, 6.45) is 5.93. The zero-order valence-electron chi connectivity index (χ0n) is 9.56. The summed E-state index contributed by atoms with van der Waals surface area (Å²) in [5.74, 6) is 1.61. The van der Waals surface area contributed by atoms with Crippen molar-refractivity contribution in [1.29, 1.82) is 0 Å². The molecule has 5 nitrogen and oxygen atoms in total. The van der Waals surface area contributed by atoms with Crippen LogP contribution < -0.4 is 10.4 Å². The molecule has 1 aromatic rings. The van der Waals surface area contributed by atoms with Crippen molar-refractivity contribution >= 4 is 5.95 Å². The van der Waals surface area contributed by atoms with Gasteiger partial charge in [-0.15, -0.1) is 0 Å². The van der Waals surface area contributed by atoms with E-state index in [4.69, 9.17) is 5.21 Å². The maximum Gasteiger partial charge on any atom is 0.225 e. The molecule has 0 saturated carbocycles. The van der Waals surface area contributed by atoms with Crippen molar-refractivity contribution in [3.63, 3.8) is 0 Å². The number of nitrogens with one attached hydrogen (secondary N) is 1. The number of hydroxylamine groups is 1. The average molecular weight is 222 g/mol. The Morgan fingerprint density at radius 3 is 2.56 bits per heavy atom. The van der Waals surface area contributed by atoms with Crippen LogP contribution >= 0.6 is 0 Å². The van der Waals surface area contributed by atoms with Crippen LogP contribution in [0.1, 0.15) is 25.3 Å². The Morgan fingerprint density at radius 2 is 2.00 bits per heavy atom. The molecule has 88 valence electrons. The van der Waals surface area contributed by atoms with Crippen molar-refractivity contribution in [2.45, 2.75) is 26.3 Å². The molecule has 2 rings (SSSR count). The molecule has 2 heterocycles. The lowest BCUT2D eigenvalue weighted by molar-refractivity contribution is 0.161. The van der Waals surface area contributed by atoms with Crippen LogP contribution in [0.15, 0.2) is 12.4 Å². The number of hydrogen-bond donors (Lipinski definition) is 2. The van der Waals surface area contributed by atoms with Crippen LogP contribution in [0.25, 0.3) is 0 Å². The van der Waals surface area contributed by atoms with Gasteiger partial charge in [0, 0.05) is 37.6 Å². The molecule has 2 N–H and O–H groups in total. The summed E-state index contributed by atoms with van der Waals surface area (Å²) >= 11 is 0. The van der Waals surface area contributed by atoms with Gasteiger partial charge >= 0.3 is 0 Å². The summed E-state index contributed by atoms with van der Waals surface area (Å²) in [6.45, 7) is 4.75. The molecule has 0 bridgehead atoms. The van der Waals surface area contributed by atoms with E-state index in [2.05, 4.69) is 27.3 Å². The van der Waals surface area contributed by atoms with E-state index >= 15 is 0 Å². The molecule has 0 spiro atoms. The maximum atomic E-state index is 8.55. The summed E-state index contributed by atoms with van der Waals surface area (Å²) in [6, 6.07) is 0. The van der Waals surface area contributed by atoms with E-state index in [0.717, 1.165) is 30.5 Å². The third kappa shape index (κ3) is 2.68. The van der Waals surface area contributed by atoms with Crippen LogP contribution in [-0.2, 0) is 6.54 Å². The molecule has 5 heteroatoms. The lowest BCUT2D eigenvalue weighted by Gasteiger charge is -2.30. The van der Waals surface area contributed by atoms with Crippen molar-refractivity contribution in [2.75, 3.05) is 18.0 Å². The summed E-state index contributed by atoms with van der Waals surface area (Å²) in [4.78, 5) is 10.8. The molecular weight excluding hydrogens is 204 g/mol. The minimum absolute atomic E-state index is 0.386. The SMILES string of the molecule is CC1CCN(c2ncc(CNO)cn2)CC1. The fraction of sp³-hybridized carbons (Fsp3) is 0.636. The van der Waals surface area contributed by atoms with E-state index in [1.54, 1.807) is 12.4 Å². The molecule has 1 aromatic heterocycles. The van der Waals surface area contributed by atoms with Gasteiger partial charge in [0.15, 0.2) is 0 Å². The summed E-state index contributed by atoms with van der Waals surface area (Å²) < 4.78 is 0. The highest BCUT2D eigenvalue weighted by atomic mass is 16.5. The second-order valence-corrected chi connectivity index (χ2v) is 4.40. The fourth-order valence-corrected chi connectivity index (χ4v) is 1.90. The molecule has 0 radical (unpaired) electrons. The monoisotopic (exact) mass is 222 g/mol. The van der Waals surface area contributed by atoms with Crippen LogP contribution in [0.2, 0.25) is 0 Å². The van der Waals surface area contributed by atoms with Crippen molar-refractivity contribution in [3.05, 3.63) is 18.0 Å². The van der Waals surface area contributed by atoms with Crippen molar-refractivity contribution in [2.24, 2.45) is 5.92 Å². The van der Waals surface area contributed by atoms with Gasteiger partial charge in [-0.25, -0.2) is 15.4 Å². The smallest absolute Gasteiger partial charge is 0.225 e. The highest BCUT2D eigenvalue weighted by Gasteiger charge is 2.17. The first kappa shape index (κ1) is 11.3. The Kier molecular flexibility index (Phi) is 3.69. The minimum atomic E-state index is 0.386. The van der Waals surface area contributed by atoms with Gasteiger partial charge < -0.3 is 10.1 Å². The molecular formula is C11H18N4O. The third-order valence-corrected chi connectivity index (χ3v) is 3.04. The van der Waals surface area contributed by atoms with Gasteiger partial charge in [0.1, 0.15) is 0 Å². The van der Waals surface area contributed by atoms with E-state index in [1.807, 2.05) is 0 Å². The van der Waals surface area contributed by atoms with E-state index < -0.39 is 0 Å². The number of rotatable bonds is 3. The number of hydrogen-bond acceptors (Lipinski definition) is 5. The maximum absolute atomic E-state index is 8.55. The lowest BCUT2D eigenvalue weighted by Crippen LogP contribution is -2.34. The van der Waals surface area contributed by atoms with E-state index in [0.29, 0.717) is 6.54 Å². The Labute approximate surface area is 95.5 Å². The molecule has 1 saturated heterocycles. The quantitative estimate of drug-likeness (QED) is 0.752. The van der Waals surface area contributed by atoms with Gasteiger partial charge in [-0.05, 0) is 18.8 Å². The second kappa shape index (κ2) is 5.23. The molecule has 16 heavy (non-hydrogen) atoms. The number of anilines is 1. The Balaban J connectivity index is 1.98. The molecule has 1 aliphatic heterocycles. The van der Waals surface area contributed by atoms with Crippen molar-refractivity contribution in [1.82, 2.24) is 15.4 Å². The first-order valence-electron chi connectivity index (χ1n) is 5.72. The van der Waals surface area contributed by atoms with Crippen LogP contribution in [0, 0.1) is 5.92 Å². The van der Waals surface area contributed by atoms with Gasteiger partial charge in [0.25, 0.3) is 0 Å². The number of aromatic nitrogens is 2. The standard InChI is InChI=1S/C11H18N4O/c1-9-2-4-15(5-3-9)11-12-6-10(7-13-11)8-14-16/h6-7,9,14,16H,2-5,8H2,1H3. The number of piperidine rings is 1. The second-order valence-electron chi connectivity index (χ2n) is 4.40. The Morgan fingerprint density at radius 1 is 1.38 bits per heavy atom. The highest BCUT2D eigenvalue weighted by molar-refractivity contribution is 5.30. The lowest BCUT2D eigenvalue weighted by atomic mass is 10.00. The van der Waals surface area contributed by atoms with Gasteiger partial charge in [0.05, 0.1) is 0 Å². The molecule has 1 fully saturated rings. The van der Waals surface area contributed by atoms with Gasteiger partial charge in [-0.3, -0.25) is 0 Å². The summed E-state index contributed by atoms with van der Waals surface area (Å²) in [7, 11) is 0. The Bertz CT molecular complexity index is 319.